The minimum atomic E-state index is -1.01. The molecule has 0 aromatic carbocycles. The lowest BCUT2D eigenvalue weighted by atomic mass is 9.74. The number of primary amides is 1. The van der Waals surface area contributed by atoms with Crippen LogP contribution < -0.4 is 5.73 Å². The van der Waals surface area contributed by atoms with Gasteiger partial charge in [-0.15, -0.1) is 0 Å². The van der Waals surface area contributed by atoms with E-state index in [-0.39, 0.29) is 5.41 Å². The third-order valence-electron chi connectivity index (χ3n) is 2.56. The molecule has 0 saturated heterocycles. The van der Waals surface area contributed by atoms with Crippen molar-refractivity contribution < 1.29 is 9.90 Å². The maximum absolute atomic E-state index is 10.8. The van der Waals surface area contributed by atoms with Crippen molar-refractivity contribution >= 4 is 5.91 Å². The Hall–Kier alpha value is -0.830. The fraction of sp³-hybridized carbons (Fsp3) is 0.667. The summed E-state index contributed by atoms with van der Waals surface area (Å²) in [6, 6.07) is 0. The highest BCUT2D eigenvalue weighted by atomic mass is 16.3. The van der Waals surface area contributed by atoms with E-state index in [2.05, 4.69) is 6.08 Å². The molecule has 1 rings (SSSR count). The molecule has 0 radical (unpaired) electrons. The zero-order valence-corrected chi connectivity index (χ0v) is 7.29. The molecule has 0 heterocycles. The average Bonchev–Trinajstić information content (AvgIpc) is 2.04. The van der Waals surface area contributed by atoms with Crippen LogP contribution in [0.15, 0.2) is 12.2 Å². The summed E-state index contributed by atoms with van der Waals surface area (Å²) in [4.78, 5) is 10.8. The van der Waals surface area contributed by atoms with Gasteiger partial charge in [-0.2, -0.15) is 0 Å². The summed E-state index contributed by atoms with van der Waals surface area (Å²) in [6.45, 7) is 1.89. The van der Waals surface area contributed by atoms with Gasteiger partial charge in [0.05, 0.1) is 0 Å². The lowest BCUT2D eigenvalue weighted by Gasteiger charge is -2.33. The minimum absolute atomic E-state index is 0.347. The van der Waals surface area contributed by atoms with E-state index in [1.165, 1.54) is 0 Å². The van der Waals surface area contributed by atoms with E-state index >= 15 is 0 Å². The number of rotatable bonds is 2. The Morgan fingerprint density at radius 3 is 2.75 bits per heavy atom. The SMILES string of the molecule is CC1(C(O)C(N)=O)CC=CCC1. The molecule has 0 bridgehead atoms. The van der Waals surface area contributed by atoms with Crippen LogP contribution in [-0.2, 0) is 4.79 Å². The smallest absolute Gasteiger partial charge is 0.246 e. The second kappa shape index (κ2) is 3.27. The second-order valence-corrected chi connectivity index (χ2v) is 3.67. The molecule has 2 atom stereocenters. The summed E-state index contributed by atoms with van der Waals surface area (Å²) in [6.07, 6.45) is 5.53. The lowest BCUT2D eigenvalue weighted by Crippen LogP contribution is -2.43. The van der Waals surface area contributed by atoms with E-state index in [0.717, 1.165) is 19.3 Å². The number of nitrogens with two attached hydrogens (primary N) is 1. The summed E-state index contributed by atoms with van der Waals surface area (Å²) in [7, 11) is 0. The fourth-order valence-corrected chi connectivity index (χ4v) is 1.58. The Balaban J connectivity index is 2.70. The first-order valence-corrected chi connectivity index (χ1v) is 4.19. The van der Waals surface area contributed by atoms with Crippen molar-refractivity contribution in [3.05, 3.63) is 12.2 Å². The number of aliphatic hydroxyl groups excluding tert-OH is 1. The maximum atomic E-state index is 10.8. The molecule has 0 aromatic heterocycles. The summed E-state index contributed by atoms with van der Waals surface area (Å²) < 4.78 is 0. The highest BCUT2D eigenvalue weighted by molar-refractivity contribution is 5.79. The molecule has 0 saturated carbocycles. The van der Waals surface area contributed by atoms with Crippen LogP contribution >= 0.6 is 0 Å². The van der Waals surface area contributed by atoms with Gasteiger partial charge in [0.15, 0.2) is 0 Å². The number of allylic oxidation sites excluding steroid dienone is 2. The number of hydrogen-bond donors (Lipinski definition) is 2. The van der Waals surface area contributed by atoms with Crippen molar-refractivity contribution in [1.29, 1.82) is 0 Å². The average molecular weight is 169 g/mol. The van der Waals surface area contributed by atoms with Gasteiger partial charge in [-0.05, 0) is 19.3 Å². The number of aliphatic hydroxyl groups is 1. The molecule has 2 unspecified atom stereocenters. The monoisotopic (exact) mass is 169 g/mol. The first-order valence-electron chi connectivity index (χ1n) is 4.19. The van der Waals surface area contributed by atoms with Crippen molar-refractivity contribution in [2.75, 3.05) is 0 Å². The van der Waals surface area contributed by atoms with Gasteiger partial charge in [-0.25, -0.2) is 0 Å². The number of amides is 1. The molecule has 1 aliphatic rings. The van der Waals surface area contributed by atoms with Crippen molar-refractivity contribution in [3.8, 4) is 0 Å². The van der Waals surface area contributed by atoms with E-state index in [0.29, 0.717) is 0 Å². The van der Waals surface area contributed by atoms with Crippen LogP contribution in [0.3, 0.4) is 0 Å². The molecular formula is C9H15NO2. The van der Waals surface area contributed by atoms with Crippen LogP contribution in [0.1, 0.15) is 26.2 Å². The van der Waals surface area contributed by atoms with E-state index in [1.807, 2.05) is 13.0 Å². The standard InChI is InChI=1S/C9H15NO2/c1-9(7(11)8(10)12)5-3-2-4-6-9/h2-3,7,11H,4-6H2,1H3,(H2,10,12). The van der Waals surface area contributed by atoms with Gasteiger partial charge in [0, 0.05) is 5.41 Å². The topological polar surface area (TPSA) is 63.3 Å². The molecule has 0 aromatic rings. The van der Waals surface area contributed by atoms with Gasteiger partial charge in [0.25, 0.3) is 0 Å². The van der Waals surface area contributed by atoms with Gasteiger partial charge in [-0.3, -0.25) is 4.79 Å². The van der Waals surface area contributed by atoms with Gasteiger partial charge in [-0.1, -0.05) is 19.1 Å². The lowest BCUT2D eigenvalue weighted by molar-refractivity contribution is -0.132. The molecule has 1 amide bonds. The predicted molar refractivity (Wildman–Crippen MR) is 46.3 cm³/mol. The van der Waals surface area contributed by atoms with E-state index in [4.69, 9.17) is 5.73 Å². The van der Waals surface area contributed by atoms with Gasteiger partial charge >= 0.3 is 0 Å². The predicted octanol–water partition coefficient (Wildman–Crippen LogP) is 0.579. The van der Waals surface area contributed by atoms with Crippen LogP contribution in [0, 0.1) is 5.41 Å². The van der Waals surface area contributed by atoms with E-state index in [1.54, 1.807) is 0 Å². The third-order valence-corrected chi connectivity index (χ3v) is 2.56. The third kappa shape index (κ3) is 1.67. The fourth-order valence-electron chi connectivity index (χ4n) is 1.58. The van der Waals surface area contributed by atoms with Crippen LogP contribution in [0.2, 0.25) is 0 Å². The van der Waals surface area contributed by atoms with Crippen LogP contribution in [0.25, 0.3) is 0 Å². The summed E-state index contributed by atoms with van der Waals surface area (Å²) >= 11 is 0. The molecule has 3 heteroatoms. The Kier molecular flexibility index (Phi) is 2.52. The van der Waals surface area contributed by atoms with Gasteiger partial charge in [0.1, 0.15) is 6.10 Å². The van der Waals surface area contributed by atoms with Crippen LogP contribution in [-0.4, -0.2) is 17.1 Å². The quantitative estimate of drug-likeness (QED) is 0.594. The first-order chi connectivity index (χ1) is 5.56. The van der Waals surface area contributed by atoms with Gasteiger partial charge < -0.3 is 10.8 Å². The highest BCUT2D eigenvalue weighted by Crippen LogP contribution is 2.35. The molecule has 0 fully saturated rings. The molecule has 0 spiro atoms. The molecule has 12 heavy (non-hydrogen) atoms. The van der Waals surface area contributed by atoms with E-state index in [9.17, 15) is 9.90 Å². The maximum Gasteiger partial charge on any atom is 0.246 e. The molecule has 3 nitrogen and oxygen atoms in total. The molecule has 3 N–H and O–H groups in total. The molecule has 0 aliphatic heterocycles. The van der Waals surface area contributed by atoms with Crippen LogP contribution in [0.4, 0.5) is 0 Å². The Labute approximate surface area is 72.3 Å². The Morgan fingerprint density at radius 2 is 2.33 bits per heavy atom. The minimum Gasteiger partial charge on any atom is -0.383 e. The van der Waals surface area contributed by atoms with Crippen molar-refractivity contribution in [2.24, 2.45) is 11.1 Å². The highest BCUT2D eigenvalue weighted by Gasteiger charge is 2.36. The zero-order valence-electron chi connectivity index (χ0n) is 7.29. The van der Waals surface area contributed by atoms with E-state index < -0.39 is 12.0 Å². The first kappa shape index (κ1) is 9.26. The summed E-state index contributed by atoms with van der Waals surface area (Å²) in [5.74, 6) is -0.618. The summed E-state index contributed by atoms with van der Waals surface area (Å²) in [5.41, 5.74) is 4.69. The Bertz CT molecular complexity index is 213. The van der Waals surface area contributed by atoms with Crippen molar-refractivity contribution in [1.82, 2.24) is 0 Å². The van der Waals surface area contributed by atoms with Crippen molar-refractivity contribution in [3.63, 3.8) is 0 Å². The molecule has 68 valence electrons. The molecule has 1 aliphatic carbocycles. The van der Waals surface area contributed by atoms with Crippen LogP contribution in [0.5, 0.6) is 0 Å². The Morgan fingerprint density at radius 1 is 1.67 bits per heavy atom. The zero-order chi connectivity index (χ0) is 9.19. The number of carbonyl (C=O) groups is 1. The normalized spacial score (nSPS) is 31.5. The number of carbonyl (C=O) groups excluding carboxylic acids is 1. The number of hydrogen-bond acceptors (Lipinski definition) is 2. The molecular weight excluding hydrogens is 154 g/mol. The van der Waals surface area contributed by atoms with Crippen molar-refractivity contribution in [2.45, 2.75) is 32.3 Å². The van der Waals surface area contributed by atoms with Gasteiger partial charge in [0.2, 0.25) is 5.91 Å². The second-order valence-electron chi connectivity index (χ2n) is 3.67. The largest absolute Gasteiger partial charge is 0.383 e. The summed E-state index contributed by atoms with van der Waals surface area (Å²) in [5, 5.41) is 9.50.